The summed E-state index contributed by atoms with van der Waals surface area (Å²) in [6, 6.07) is 8.39. The van der Waals surface area contributed by atoms with Crippen LogP contribution >= 0.6 is 0 Å². The minimum Gasteiger partial charge on any atom is -0.497 e. The fourth-order valence-corrected chi connectivity index (χ4v) is 2.49. The highest BCUT2D eigenvalue weighted by Gasteiger charge is 2.03. The molecule has 96 valence electrons. The van der Waals surface area contributed by atoms with E-state index in [1.54, 1.807) is 13.4 Å². The molecule has 2 atom stereocenters. The molecule has 0 fully saturated rings. The number of rotatable bonds is 7. The van der Waals surface area contributed by atoms with Crippen molar-refractivity contribution >= 4 is 10.8 Å². The van der Waals surface area contributed by atoms with Gasteiger partial charge >= 0.3 is 0 Å². The van der Waals surface area contributed by atoms with Crippen molar-refractivity contribution in [1.82, 2.24) is 5.32 Å². The number of hydrogen-bond acceptors (Lipinski definition) is 3. The number of nitrogens with one attached hydrogen (secondary N) is 1. The SMILES string of the molecule is COc1ccc(CCNC(C)CS(C)=O)cc1. The lowest BCUT2D eigenvalue weighted by Crippen LogP contribution is -2.32. The summed E-state index contributed by atoms with van der Waals surface area (Å²) in [6.07, 6.45) is 2.71. The van der Waals surface area contributed by atoms with Gasteiger partial charge < -0.3 is 10.1 Å². The maximum Gasteiger partial charge on any atom is 0.118 e. The van der Waals surface area contributed by atoms with Crippen molar-refractivity contribution in [2.24, 2.45) is 0 Å². The van der Waals surface area contributed by atoms with E-state index in [0.717, 1.165) is 18.7 Å². The molecule has 0 aromatic heterocycles. The van der Waals surface area contributed by atoms with Gasteiger partial charge in [-0.2, -0.15) is 0 Å². The molecule has 0 bridgehead atoms. The Morgan fingerprint density at radius 1 is 1.35 bits per heavy atom. The first kappa shape index (κ1) is 14.2. The van der Waals surface area contributed by atoms with Crippen molar-refractivity contribution in [1.29, 1.82) is 0 Å². The van der Waals surface area contributed by atoms with Crippen molar-refractivity contribution in [2.75, 3.05) is 25.7 Å². The van der Waals surface area contributed by atoms with Crippen LogP contribution < -0.4 is 10.1 Å². The summed E-state index contributed by atoms with van der Waals surface area (Å²) >= 11 is 0. The quantitative estimate of drug-likeness (QED) is 0.804. The zero-order valence-corrected chi connectivity index (χ0v) is 11.5. The Balaban J connectivity index is 2.28. The van der Waals surface area contributed by atoms with Crippen LogP contribution in [0.5, 0.6) is 5.75 Å². The van der Waals surface area contributed by atoms with E-state index in [-0.39, 0.29) is 0 Å². The fraction of sp³-hybridized carbons (Fsp3) is 0.538. The van der Waals surface area contributed by atoms with Crippen LogP contribution in [0.15, 0.2) is 24.3 Å². The molecule has 1 aromatic rings. The van der Waals surface area contributed by atoms with Crippen LogP contribution in [0.25, 0.3) is 0 Å². The van der Waals surface area contributed by atoms with Gasteiger partial charge in [0.25, 0.3) is 0 Å². The molecule has 1 N–H and O–H groups in total. The largest absolute Gasteiger partial charge is 0.497 e. The third-order valence-electron chi connectivity index (χ3n) is 2.55. The maximum absolute atomic E-state index is 11.0. The molecule has 1 rings (SSSR count). The second-order valence-electron chi connectivity index (χ2n) is 4.19. The van der Waals surface area contributed by atoms with Gasteiger partial charge in [0, 0.05) is 28.9 Å². The standard InChI is InChI=1S/C13H21NO2S/c1-11(10-17(3)15)14-9-8-12-4-6-13(16-2)7-5-12/h4-7,11,14H,8-10H2,1-3H3. The molecule has 3 nitrogen and oxygen atoms in total. The second-order valence-corrected chi connectivity index (χ2v) is 5.67. The topological polar surface area (TPSA) is 38.3 Å². The summed E-state index contributed by atoms with van der Waals surface area (Å²) in [5.74, 6) is 1.60. The minimum atomic E-state index is -0.727. The van der Waals surface area contributed by atoms with E-state index in [4.69, 9.17) is 4.74 Å². The third kappa shape index (κ3) is 5.84. The van der Waals surface area contributed by atoms with Crippen LogP contribution in [0.3, 0.4) is 0 Å². The van der Waals surface area contributed by atoms with Crippen molar-refractivity contribution in [3.8, 4) is 5.75 Å². The highest BCUT2D eigenvalue weighted by Crippen LogP contribution is 2.11. The highest BCUT2D eigenvalue weighted by molar-refractivity contribution is 7.84. The van der Waals surface area contributed by atoms with Crippen LogP contribution in [0.2, 0.25) is 0 Å². The van der Waals surface area contributed by atoms with E-state index >= 15 is 0 Å². The molecule has 0 saturated heterocycles. The third-order valence-corrected chi connectivity index (χ3v) is 3.52. The Kier molecular flexibility index (Phi) is 6.22. The molecule has 0 aliphatic carbocycles. The summed E-state index contributed by atoms with van der Waals surface area (Å²) < 4.78 is 16.1. The van der Waals surface area contributed by atoms with Gasteiger partial charge in [-0.1, -0.05) is 12.1 Å². The number of benzene rings is 1. The van der Waals surface area contributed by atoms with Crippen LogP contribution in [-0.2, 0) is 17.2 Å². The molecule has 4 heteroatoms. The molecule has 0 spiro atoms. The Hall–Kier alpha value is -0.870. The van der Waals surface area contributed by atoms with E-state index in [1.165, 1.54) is 5.56 Å². The Morgan fingerprint density at radius 2 is 2.00 bits per heavy atom. The number of hydrogen-bond donors (Lipinski definition) is 1. The number of methoxy groups -OCH3 is 1. The average molecular weight is 255 g/mol. The molecule has 0 aliphatic heterocycles. The molecule has 17 heavy (non-hydrogen) atoms. The lowest BCUT2D eigenvalue weighted by atomic mass is 10.1. The monoisotopic (exact) mass is 255 g/mol. The first-order chi connectivity index (χ1) is 8.11. The van der Waals surface area contributed by atoms with E-state index in [0.29, 0.717) is 11.8 Å². The van der Waals surface area contributed by atoms with Crippen molar-refractivity contribution in [3.63, 3.8) is 0 Å². The van der Waals surface area contributed by atoms with Gasteiger partial charge in [0.2, 0.25) is 0 Å². The molecule has 0 aliphatic rings. The lowest BCUT2D eigenvalue weighted by molar-refractivity contribution is 0.414. The van der Waals surface area contributed by atoms with Crippen LogP contribution in [0.4, 0.5) is 0 Å². The van der Waals surface area contributed by atoms with E-state index < -0.39 is 10.8 Å². The Bertz CT molecular complexity index is 351. The van der Waals surface area contributed by atoms with Gasteiger partial charge in [-0.15, -0.1) is 0 Å². The predicted molar refractivity (Wildman–Crippen MR) is 73.1 cm³/mol. The summed E-state index contributed by atoms with van der Waals surface area (Å²) in [4.78, 5) is 0. The normalized spacial score (nSPS) is 14.3. The van der Waals surface area contributed by atoms with Gasteiger partial charge in [-0.3, -0.25) is 4.21 Å². The summed E-state index contributed by atoms with van der Waals surface area (Å²) in [5.41, 5.74) is 1.28. The summed E-state index contributed by atoms with van der Waals surface area (Å²) in [5, 5.41) is 3.37. The van der Waals surface area contributed by atoms with Gasteiger partial charge in [0.15, 0.2) is 0 Å². The smallest absolute Gasteiger partial charge is 0.118 e. The van der Waals surface area contributed by atoms with Crippen LogP contribution in [0.1, 0.15) is 12.5 Å². The molecule has 0 saturated carbocycles. The van der Waals surface area contributed by atoms with E-state index in [9.17, 15) is 4.21 Å². The zero-order chi connectivity index (χ0) is 12.7. The molecular formula is C13H21NO2S. The van der Waals surface area contributed by atoms with Crippen LogP contribution in [0, 0.1) is 0 Å². The zero-order valence-electron chi connectivity index (χ0n) is 10.7. The maximum atomic E-state index is 11.0. The Labute approximate surface area is 106 Å². The van der Waals surface area contributed by atoms with Crippen LogP contribution in [-0.4, -0.2) is 35.9 Å². The van der Waals surface area contributed by atoms with Gasteiger partial charge in [0.05, 0.1) is 7.11 Å². The molecule has 0 radical (unpaired) electrons. The lowest BCUT2D eigenvalue weighted by Gasteiger charge is -2.12. The van der Waals surface area contributed by atoms with Crippen molar-refractivity contribution < 1.29 is 8.95 Å². The Morgan fingerprint density at radius 3 is 2.53 bits per heavy atom. The molecular weight excluding hydrogens is 234 g/mol. The van der Waals surface area contributed by atoms with E-state index in [2.05, 4.69) is 24.4 Å². The van der Waals surface area contributed by atoms with Crippen molar-refractivity contribution in [2.45, 2.75) is 19.4 Å². The first-order valence-electron chi connectivity index (χ1n) is 5.78. The van der Waals surface area contributed by atoms with E-state index in [1.807, 2.05) is 12.1 Å². The van der Waals surface area contributed by atoms with Gasteiger partial charge in [-0.25, -0.2) is 0 Å². The van der Waals surface area contributed by atoms with Gasteiger partial charge in [-0.05, 0) is 37.6 Å². The van der Waals surface area contributed by atoms with Crippen molar-refractivity contribution in [3.05, 3.63) is 29.8 Å². The molecule has 0 heterocycles. The molecule has 0 amide bonds. The predicted octanol–water partition coefficient (Wildman–Crippen LogP) is 1.59. The number of ether oxygens (including phenoxy) is 1. The van der Waals surface area contributed by atoms with Gasteiger partial charge in [0.1, 0.15) is 5.75 Å². The average Bonchev–Trinajstić information content (AvgIpc) is 2.29. The second kappa shape index (κ2) is 7.45. The minimum absolute atomic E-state index is 0.305. The first-order valence-corrected chi connectivity index (χ1v) is 7.51. The fourth-order valence-electron chi connectivity index (χ4n) is 1.67. The summed E-state index contributed by atoms with van der Waals surface area (Å²) in [7, 11) is 0.943. The molecule has 1 aromatic carbocycles. The molecule has 2 unspecified atom stereocenters. The highest BCUT2D eigenvalue weighted by atomic mass is 32.2. The summed E-state index contributed by atoms with van der Waals surface area (Å²) in [6.45, 7) is 2.97.